The van der Waals surface area contributed by atoms with Crippen LogP contribution in [0.1, 0.15) is 16.5 Å². The van der Waals surface area contributed by atoms with E-state index in [1.54, 1.807) is 30.6 Å². The highest BCUT2D eigenvalue weighted by molar-refractivity contribution is 7.10. The first-order valence-corrected chi connectivity index (χ1v) is 12.3. The van der Waals surface area contributed by atoms with E-state index in [0.717, 1.165) is 17.7 Å². The van der Waals surface area contributed by atoms with Crippen LogP contribution in [0.2, 0.25) is 0 Å². The maximum atomic E-state index is 13.4. The zero-order valence-corrected chi connectivity index (χ0v) is 20.5. The molecule has 1 aromatic carbocycles. The van der Waals surface area contributed by atoms with Gasteiger partial charge in [-0.25, -0.2) is 0 Å². The molecule has 1 aromatic heterocycles. The Kier molecular flexibility index (Phi) is 10.2. The van der Waals surface area contributed by atoms with Crippen LogP contribution in [0.25, 0.3) is 0 Å². The Hall–Kier alpha value is -2.65. The third kappa shape index (κ3) is 7.17. The van der Waals surface area contributed by atoms with Crippen LogP contribution in [-0.2, 0) is 16.0 Å². The molecule has 0 radical (unpaired) electrons. The van der Waals surface area contributed by atoms with Gasteiger partial charge in [0.25, 0.3) is 0 Å². The molecule has 1 aliphatic heterocycles. The maximum absolute atomic E-state index is 13.4. The van der Waals surface area contributed by atoms with E-state index < -0.39 is 6.10 Å². The van der Waals surface area contributed by atoms with Crippen molar-refractivity contribution in [1.29, 1.82) is 0 Å². The van der Waals surface area contributed by atoms with Crippen LogP contribution in [0.5, 0.6) is 11.5 Å². The number of benzene rings is 1. The quantitative estimate of drug-likeness (QED) is 0.326. The molecule has 1 amide bonds. The molecule has 2 heterocycles. The number of hydrogen-bond donors (Lipinski definition) is 1. The lowest BCUT2D eigenvalue weighted by atomic mass is 10.0. The highest BCUT2D eigenvalue weighted by Crippen LogP contribution is 2.34. The van der Waals surface area contributed by atoms with Crippen molar-refractivity contribution in [3.05, 3.63) is 71.5 Å². The van der Waals surface area contributed by atoms with E-state index in [4.69, 9.17) is 14.2 Å². The van der Waals surface area contributed by atoms with E-state index in [0.29, 0.717) is 38.6 Å². The topological polar surface area (TPSA) is 71.5 Å². The summed E-state index contributed by atoms with van der Waals surface area (Å²) < 4.78 is 16.7. The number of aliphatic hydroxyl groups excluding tert-OH is 1. The normalized spacial score (nSPS) is 16.1. The monoisotopic (exact) mass is 486 g/mol. The lowest BCUT2D eigenvalue weighted by Crippen LogP contribution is -2.48. The first-order valence-electron chi connectivity index (χ1n) is 11.4. The third-order valence-electron chi connectivity index (χ3n) is 5.63. The molecule has 0 unspecified atom stereocenters. The van der Waals surface area contributed by atoms with Crippen LogP contribution in [0, 0.1) is 0 Å². The van der Waals surface area contributed by atoms with Crippen molar-refractivity contribution in [3.8, 4) is 11.5 Å². The van der Waals surface area contributed by atoms with E-state index in [2.05, 4.69) is 24.6 Å². The summed E-state index contributed by atoms with van der Waals surface area (Å²) in [6, 6.07) is 9.37. The Labute approximate surface area is 205 Å². The molecule has 184 valence electrons. The first kappa shape index (κ1) is 26.0. The Bertz CT molecular complexity index is 947. The molecule has 3 rings (SSSR count). The van der Waals surface area contributed by atoms with Gasteiger partial charge in [0.15, 0.2) is 0 Å². The number of methoxy groups -OCH3 is 1. The van der Waals surface area contributed by atoms with Crippen LogP contribution in [0.15, 0.2) is 61.0 Å². The Morgan fingerprint density at radius 2 is 2.15 bits per heavy atom. The molecular formula is C26H34N2O5S. The smallest absolute Gasteiger partial charge is 0.237 e. The predicted molar refractivity (Wildman–Crippen MR) is 135 cm³/mol. The summed E-state index contributed by atoms with van der Waals surface area (Å²) in [5.41, 5.74) is 1.14. The molecule has 2 aromatic rings. The van der Waals surface area contributed by atoms with Gasteiger partial charge in [0, 0.05) is 30.6 Å². The van der Waals surface area contributed by atoms with Gasteiger partial charge in [-0.3, -0.25) is 9.69 Å². The zero-order chi connectivity index (χ0) is 24.3. The van der Waals surface area contributed by atoms with Crippen LogP contribution < -0.4 is 9.47 Å². The second-order valence-corrected chi connectivity index (χ2v) is 9.11. The Balaban J connectivity index is 1.68. The van der Waals surface area contributed by atoms with Crippen LogP contribution in [0.4, 0.5) is 0 Å². The number of ether oxygens (including phenoxy) is 3. The van der Waals surface area contributed by atoms with Crippen molar-refractivity contribution < 1.29 is 24.1 Å². The standard InChI is InChI=1S/C26H34N2O5S/c1-4-11-27(16-20(29)18-32-13-5-2)17-26(30)28-12-9-25-23(10-14-34-25)24(28)19-33-22-8-6-7-21(15-22)31-3/h4-8,10,14-15,20,24,29H,1-2,9,11-13,16-19H2,3H3/t20-,24+/m0/s1. The summed E-state index contributed by atoms with van der Waals surface area (Å²) in [5, 5.41) is 12.4. The van der Waals surface area contributed by atoms with Gasteiger partial charge in [-0.2, -0.15) is 0 Å². The van der Waals surface area contributed by atoms with E-state index in [9.17, 15) is 9.90 Å². The molecule has 0 fully saturated rings. The second-order valence-electron chi connectivity index (χ2n) is 8.10. The average molecular weight is 487 g/mol. The second kappa shape index (κ2) is 13.3. The summed E-state index contributed by atoms with van der Waals surface area (Å²) >= 11 is 1.72. The van der Waals surface area contributed by atoms with Crippen LogP contribution in [-0.4, -0.2) is 80.0 Å². The minimum absolute atomic E-state index is 0.00264. The molecule has 8 heteroatoms. The van der Waals surface area contributed by atoms with Gasteiger partial charge < -0.3 is 24.2 Å². The molecular weight excluding hydrogens is 452 g/mol. The number of carbonyl (C=O) groups excluding carboxylic acids is 1. The van der Waals surface area contributed by atoms with Gasteiger partial charge in [-0.1, -0.05) is 18.2 Å². The lowest BCUT2D eigenvalue weighted by molar-refractivity contribution is -0.136. The molecule has 0 saturated heterocycles. The number of thiophene rings is 1. The largest absolute Gasteiger partial charge is 0.497 e. The lowest BCUT2D eigenvalue weighted by Gasteiger charge is -2.37. The van der Waals surface area contributed by atoms with Crippen molar-refractivity contribution in [2.24, 2.45) is 0 Å². The minimum Gasteiger partial charge on any atom is -0.497 e. The van der Waals surface area contributed by atoms with E-state index in [-0.39, 0.29) is 25.1 Å². The van der Waals surface area contributed by atoms with Gasteiger partial charge >= 0.3 is 0 Å². The molecule has 0 spiro atoms. The number of fused-ring (bicyclic) bond motifs is 1. The molecule has 7 nitrogen and oxygen atoms in total. The molecule has 1 N–H and O–H groups in total. The average Bonchev–Trinajstić information content (AvgIpc) is 3.32. The Morgan fingerprint density at radius 3 is 2.91 bits per heavy atom. The zero-order valence-electron chi connectivity index (χ0n) is 19.7. The van der Waals surface area contributed by atoms with Crippen LogP contribution >= 0.6 is 11.3 Å². The van der Waals surface area contributed by atoms with Gasteiger partial charge in [0.2, 0.25) is 5.91 Å². The van der Waals surface area contributed by atoms with Crippen molar-refractivity contribution in [2.75, 3.05) is 53.1 Å². The number of amides is 1. The number of nitrogens with zero attached hydrogens (tertiary/aromatic N) is 2. The first-order chi connectivity index (χ1) is 16.5. The summed E-state index contributed by atoms with van der Waals surface area (Å²) in [5.74, 6) is 1.42. The summed E-state index contributed by atoms with van der Waals surface area (Å²) in [6.45, 7) is 9.94. The predicted octanol–water partition coefficient (Wildman–Crippen LogP) is 3.31. The number of rotatable bonds is 14. The van der Waals surface area contributed by atoms with Gasteiger partial charge in [-0.05, 0) is 35.6 Å². The molecule has 34 heavy (non-hydrogen) atoms. The van der Waals surface area contributed by atoms with Gasteiger partial charge in [-0.15, -0.1) is 24.5 Å². The number of carbonyl (C=O) groups is 1. The minimum atomic E-state index is -0.704. The Morgan fingerprint density at radius 1 is 1.32 bits per heavy atom. The molecule has 0 aliphatic carbocycles. The summed E-state index contributed by atoms with van der Waals surface area (Å²) in [4.78, 5) is 18.5. The fraction of sp³-hybridized carbons (Fsp3) is 0.423. The van der Waals surface area contributed by atoms with Crippen LogP contribution in [0.3, 0.4) is 0 Å². The fourth-order valence-electron chi connectivity index (χ4n) is 4.05. The molecule has 0 bridgehead atoms. The third-order valence-corrected chi connectivity index (χ3v) is 6.62. The molecule has 1 aliphatic rings. The van der Waals surface area contributed by atoms with Crippen molar-refractivity contribution >= 4 is 17.2 Å². The van der Waals surface area contributed by atoms with E-state index in [1.807, 2.05) is 34.1 Å². The van der Waals surface area contributed by atoms with Crippen molar-refractivity contribution in [1.82, 2.24) is 9.80 Å². The number of hydrogen-bond acceptors (Lipinski definition) is 7. The van der Waals surface area contributed by atoms with Gasteiger partial charge in [0.1, 0.15) is 18.1 Å². The van der Waals surface area contributed by atoms with E-state index in [1.165, 1.54) is 4.88 Å². The van der Waals surface area contributed by atoms with Crippen molar-refractivity contribution in [3.63, 3.8) is 0 Å². The maximum Gasteiger partial charge on any atom is 0.237 e. The summed E-state index contributed by atoms with van der Waals surface area (Å²) in [7, 11) is 1.62. The fourth-order valence-corrected chi connectivity index (χ4v) is 4.98. The highest BCUT2D eigenvalue weighted by Gasteiger charge is 2.33. The number of aliphatic hydroxyl groups is 1. The van der Waals surface area contributed by atoms with Gasteiger partial charge in [0.05, 0.1) is 39.0 Å². The molecule has 0 saturated carbocycles. The highest BCUT2D eigenvalue weighted by atomic mass is 32.1. The SMILES string of the molecule is C=CCOC[C@@H](O)CN(CC=C)CC(=O)N1CCc2sccc2[C@H]1COc1cccc(OC)c1. The molecule has 2 atom stereocenters. The summed E-state index contributed by atoms with van der Waals surface area (Å²) in [6.07, 6.45) is 3.50. The van der Waals surface area contributed by atoms with E-state index >= 15 is 0 Å². The van der Waals surface area contributed by atoms with Crippen molar-refractivity contribution in [2.45, 2.75) is 18.6 Å².